The molecule has 36 heavy (non-hydrogen) atoms. The molecule has 1 spiro atoms. The van der Waals surface area contributed by atoms with Crippen molar-refractivity contribution in [3.05, 3.63) is 64.7 Å². The number of fused-ring (bicyclic) bond motifs is 2. The lowest BCUT2D eigenvalue weighted by Gasteiger charge is -2.36. The molecule has 3 heterocycles. The SMILES string of the molecule is COc1ccc(C(O)=C2C(=O)C(=O)N(CCN3CCOCC3)C23C(=O)N(C)c2ccccc23)cc1C. The largest absolute Gasteiger partial charge is 0.507 e. The van der Waals surface area contributed by atoms with E-state index in [-0.39, 0.29) is 17.9 Å². The summed E-state index contributed by atoms with van der Waals surface area (Å²) >= 11 is 0. The smallest absolute Gasteiger partial charge is 0.296 e. The Morgan fingerprint density at radius 1 is 1.08 bits per heavy atom. The average molecular weight is 492 g/mol. The van der Waals surface area contributed by atoms with Crippen molar-refractivity contribution in [3.63, 3.8) is 0 Å². The van der Waals surface area contributed by atoms with Gasteiger partial charge < -0.3 is 24.4 Å². The number of rotatable bonds is 5. The number of nitrogens with zero attached hydrogens (tertiary/aromatic N) is 3. The van der Waals surface area contributed by atoms with Crippen molar-refractivity contribution in [2.75, 3.05) is 58.5 Å². The van der Waals surface area contributed by atoms with Crippen molar-refractivity contribution in [1.29, 1.82) is 0 Å². The molecule has 1 N–H and O–H groups in total. The van der Waals surface area contributed by atoms with Crippen molar-refractivity contribution in [2.24, 2.45) is 0 Å². The van der Waals surface area contributed by atoms with Crippen molar-refractivity contribution in [3.8, 4) is 5.75 Å². The number of carbonyl (C=O) groups is 3. The number of ketones is 1. The molecule has 2 fully saturated rings. The van der Waals surface area contributed by atoms with Gasteiger partial charge in [-0.15, -0.1) is 0 Å². The molecule has 0 aliphatic carbocycles. The summed E-state index contributed by atoms with van der Waals surface area (Å²) in [7, 11) is 3.17. The van der Waals surface area contributed by atoms with Crippen LogP contribution >= 0.6 is 0 Å². The van der Waals surface area contributed by atoms with Crippen LogP contribution in [0.15, 0.2) is 48.0 Å². The number of aliphatic hydroxyl groups is 1. The van der Waals surface area contributed by atoms with Crippen molar-refractivity contribution < 1.29 is 29.0 Å². The molecular weight excluding hydrogens is 462 g/mol. The van der Waals surface area contributed by atoms with Crippen LogP contribution in [0.3, 0.4) is 0 Å². The third-order valence-electron chi connectivity index (χ3n) is 7.35. The molecule has 0 saturated carbocycles. The third-order valence-corrected chi connectivity index (χ3v) is 7.35. The molecule has 9 heteroatoms. The number of anilines is 1. The maximum Gasteiger partial charge on any atom is 0.296 e. The number of para-hydroxylation sites is 1. The van der Waals surface area contributed by atoms with Gasteiger partial charge in [-0.3, -0.25) is 19.3 Å². The van der Waals surface area contributed by atoms with Crippen LogP contribution in [0, 0.1) is 6.92 Å². The summed E-state index contributed by atoms with van der Waals surface area (Å²) in [5.74, 6) is -1.88. The molecule has 9 nitrogen and oxygen atoms in total. The first-order valence-corrected chi connectivity index (χ1v) is 11.9. The van der Waals surface area contributed by atoms with Gasteiger partial charge in [-0.25, -0.2) is 0 Å². The van der Waals surface area contributed by atoms with Gasteiger partial charge in [-0.1, -0.05) is 18.2 Å². The monoisotopic (exact) mass is 491 g/mol. The number of likely N-dealkylation sites (N-methyl/N-ethyl adjacent to an activating group) is 1. The van der Waals surface area contributed by atoms with E-state index in [1.54, 1.807) is 56.6 Å². The van der Waals surface area contributed by atoms with Gasteiger partial charge in [0.1, 0.15) is 11.5 Å². The highest BCUT2D eigenvalue weighted by Gasteiger charge is 2.66. The molecule has 0 radical (unpaired) electrons. The number of carbonyl (C=O) groups excluding carboxylic acids is 3. The number of morpholine rings is 1. The first-order chi connectivity index (χ1) is 17.3. The lowest BCUT2D eigenvalue weighted by Crippen LogP contribution is -2.53. The fourth-order valence-electron chi connectivity index (χ4n) is 5.51. The van der Waals surface area contributed by atoms with E-state index in [0.29, 0.717) is 55.4 Å². The van der Waals surface area contributed by atoms with E-state index in [4.69, 9.17) is 9.47 Å². The molecule has 3 aliphatic heterocycles. The number of likely N-dealkylation sites (tertiary alicyclic amines) is 1. The number of benzene rings is 2. The Hall–Kier alpha value is -3.69. The summed E-state index contributed by atoms with van der Waals surface area (Å²) < 4.78 is 10.7. The highest BCUT2D eigenvalue weighted by atomic mass is 16.5. The molecule has 5 rings (SSSR count). The summed E-state index contributed by atoms with van der Waals surface area (Å²) in [6, 6.07) is 12.1. The Bertz CT molecular complexity index is 1280. The van der Waals surface area contributed by atoms with Crippen LogP contribution < -0.4 is 9.64 Å². The minimum atomic E-state index is -1.75. The predicted octanol–water partition coefficient (Wildman–Crippen LogP) is 1.89. The number of methoxy groups -OCH3 is 1. The molecule has 0 aromatic heterocycles. The van der Waals surface area contributed by atoms with Gasteiger partial charge in [0.25, 0.3) is 17.6 Å². The van der Waals surface area contributed by atoms with Crippen molar-refractivity contribution in [1.82, 2.24) is 9.80 Å². The Morgan fingerprint density at radius 3 is 2.50 bits per heavy atom. The van der Waals surface area contributed by atoms with Crippen LogP contribution in [0.1, 0.15) is 16.7 Å². The molecule has 2 aromatic carbocycles. The maximum atomic E-state index is 14.0. The molecule has 2 saturated heterocycles. The number of hydrogen-bond donors (Lipinski definition) is 1. The number of aliphatic hydroxyl groups excluding tert-OH is 1. The second-order valence-electron chi connectivity index (χ2n) is 9.24. The van der Waals surface area contributed by atoms with Crippen LogP contribution in [0.25, 0.3) is 5.76 Å². The van der Waals surface area contributed by atoms with E-state index < -0.39 is 23.1 Å². The maximum absolute atomic E-state index is 14.0. The Kier molecular flexibility index (Phi) is 6.05. The zero-order valence-electron chi connectivity index (χ0n) is 20.6. The van der Waals surface area contributed by atoms with E-state index in [1.807, 2.05) is 6.92 Å². The fourth-order valence-corrected chi connectivity index (χ4v) is 5.51. The van der Waals surface area contributed by atoms with Crippen LogP contribution in [-0.2, 0) is 24.7 Å². The Balaban J connectivity index is 1.70. The normalized spacial score (nSPS) is 23.6. The molecule has 2 aromatic rings. The lowest BCUT2D eigenvalue weighted by atomic mass is 9.81. The van der Waals surface area contributed by atoms with Crippen LogP contribution in [0.5, 0.6) is 5.75 Å². The minimum Gasteiger partial charge on any atom is -0.507 e. The second-order valence-corrected chi connectivity index (χ2v) is 9.24. The summed E-state index contributed by atoms with van der Waals surface area (Å²) in [5, 5.41) is 11.5. The van der Waals surface area contributed by atoms with Gasteiger partial charge in [0.05, 0.1) is 25.9 Å². The van der Waals surface area contributed by atoms with Gasteiger partial charge in [0, 0.05) is 50.0 Å². The molecule has 1 atom stereocenters. The molecular formula is C27H29N3O6. The van der Waals surface area contributed by atoms with E-state index in [2.05, 4.69) is 4.90 Å². The minimum absolute atomic E-state index is 0.150. The van der Waals surface area contributed by atoms with E-state index in [0.717, 1.165) is 5.56 Å². The standard InChI is InChI=1S/C27H29N3O6/c1-17-16-18(8-9-21(17)35-3)23(31)22-24(32)25(33)30(11-10-29-12-14-36-15-13-29)27(22)19-6-4-5-7-20(19)28(2)26(27)34/h4-9,16,31H,10-15H2,1-3H3. The number of aryl methyl sites for hydroxylation is 1. The van der Waals surface area contributed by atoms with Gasteiger partial charge in [0.2, 0.25) is 0 Å². The first-order valence-electron chi connectivity index (χ1n) is 11.9. The lowest BCUT2D eigenvalue weighted by molar-refractivity contribution is -0.144. The van der Waals surface area contributed by atoms with Crippen LogP contribution in [0.2, 0.25) is 0 Å². The number of ether oxygens (including phenoxy) is 2. The first kappa shape index (κ1) is 24.0. The van der Waals surface area contributed by atoms with E-state index in [1.165, 1.54) is 9.80 Å². The Labute approximate surface area is 209 Å². The summed E-state index contributed by atoms with van der Waals surface area (Å²) in [6.45, 7) is 5.02. The summed E-state index contributed by atoms with van der Waals surface area (Å²) in [6.07, 6.45) is 0. The number of amides is 2. The molecule has 2 amide bonds. The second kappa shape index (κ2) is 9.07. The van der Waals surface area contributed by atoms with Crippen LogP contribution in [0.4, 0.5) is 5.69 Å². The molecule has 188 valence electrons. The van der Waals surface area contributed by atoms with Gasteiger partial charge >= 0.3 is 0 Å². The number of Topliss-reactive ketones (excluding diaryl/α,β-unsaturated/α-hetero) is 1. The molecule has 3 aliphatic rings. The molecule has 1 unspecified atom stereocenters. The summed E-state index contributed by atoms with van der Waals surface area (Å²) in [5.41, 5.74) is 0.221. The van der Waals surface area contributed by atoms with Gasteiger partial charge in [-0.2, -0.15) is 0 Å². The van der Waals surface area contributed by atoms with E-state index >= 15 is 0 Å². The quantitative estimate of drug-likeness (QED) is 0.387. The predicted molar refractivity (Wildman–Crippen MR) is 133 cm³/mol. The van der Waals surface area contributed by atoms with Gasteiger partial charge in [-0.05, 0) is 36.8 Å². The van der Waals surface area contributed by atoms with Crippen LogP contribution in [-0.4, -0.2) is 86.1 Å². The topological polar surface area (TPSA) is 99.6 Å². The highest BCUT2D eigenvalue weighted by Crippen LogP contribution is 2.53. The molecule has 0 bridgehead atoms. The zero-order chi connectivity index (χ0) is 25.6. The zero-order valence-corrected chi connectivity index (χ0v) is 20.6. The third kappa shape index (κ3) is 3.42. The summed E-state index contributed by atoms with van der Waals surface area (Å²) in [4.78, 5) is 46.1. The highest BCUT2D eigenvalue weighted by molar-refractivity contribution is 6.50. The Morgan fingerprint density at radius 2 is 1.81 bits per heavy atom. The fraction of sp³-hybridized carbons (Fsp3) is 0.370. The average Bonchev–Trinajstić information content (AvgIpc) is 3.25. The van der Waals surface area contributed by atoms with Gasteiger partial charge in [0.15, 0.2) is 5.54 Å². The van der Waals surface area contributed by atoms with Crippen molar-refractivity contribution >= 4 is 29.0 Å². The number of hydrogen-bond acceptors (Lipinski definition) is 7. The van der Waals surface area contributed by atoms with E-state index in [9.17, 15) is 19.5 Å². The van der Waals surface area contributed by atoms with Crippen molar-refractivity contribution in [2.45, 2.75) is 12.5 Å².